The van der Waals surface area contributed by atoms with Crippen LogP contribution >= 0.6 is 0 Å². The van der Waals surface area contributed by atoms with Gasteiger partial charge in [-0.3, -0.25) is 9.59 Å². The average molecular weight is 400 g/mol. The molecule has 3 N–H and O–H groups in total. The van der Waals surface area contributed by atoms with Gasteiger partial charge in [0.2, 0.25) is 5.91 Å². The number of nitrogens with one attached hydrogen (secondary N) is 1. The second kappa shape index (κ2) is 8.08. The van der Waals surface area contributed by atoms with Crippen LogP contribution in [-0.2, 0) is 6.54 Å². The smallest absolute Gasteiger partial charge is 0.255 e. The topological polar surface area (TPSA) is 103 Å². The summed E-state index contributed by atoms with van der Waals surface area (Å²) in [5, 5.41) is 7.46. The van der Waals surface area contributed by atoms with Crippen molar-refractivity contribution in [1.29, 1.82) is 0 Å². The number of aryl methyl sites for hydroxylation is 1. The number of hydrogen-bond acceptors (Lipinski definition) is 4. The molecule has 0 radical (unpaired) electrons. The molecule has 0 bridgehead atoms. The number of furan rings is 1. The highest BCUT2D eigenvalue weighted by Crippen LogP contribution is 2.25. The Morgan fingerprint density at radius 3 is 2.57 bits per heavy atom. The molecule has 2 heterocycles. The second-order valence-electron chi connectivity index (χ2n) is 6.83. The maximum Gasteiger partial charge on any atom is 0.255 e. The number of para-hydroxylation sites is 1. The molecule has 2 amide bonds. The Bertz CT molecular complexity index is 1210. The van der Waals surface area contributed by atoms with Crippen molar-refractivity contribution < 1.29 is 14.0 Å². The standard InChI is InChI=1S/C23H20N4O3/c1-15-10-11-20(30-15)21-19(14-27(26-21)18-8-3-2-4-9-18)23(29)25-13-16-6-5-7-17(12-16)22(24)28/h2-12,14H,13H2,1H3,(H2,24,28)(H,25,29). The first-order valence-electron chi connectivity index (χ1n) is 9.40. The van der Waals surface area contributed by atoms with Crippen molar-refractivity contribution in [2.45, 2.75) is 13.5 Å². The Kier molecular flexibility index (Phi) is 5.17. The van der Waals surface area contributed by atoms with Crippen molar-refractivity contribution in [2.24, 2.45) is 5.73 Å². The van der Waals surface area contributed by atoms with Gasteiger partial charge >= 0.3 is 0 Å². The first-order valence-corrected chi connectivity index (χ1v) is 9.40. The van der Waals surface area contributed by atoms with E-state index in [1.165, 1.54) is 0 Å². The minimum Gasteiger partial charge on any atom is -0.460 e. The van der Waals surface area contributed by atoms with Crippen molar-refractivity contribution in [2.75, 3.05) is 0 Å². The molecule has 0 aliphatic heterocycles. The minimum absolute atomic E-state index is 0.243. The summed E-state index contributed by atoms with van der Waals surface area (Å²) >= 11 is 0. The van der Waals surface area contributed by atoms with E-state index in [4.69, 9.17) is 10.2 Å². The van der Waals surface area contributed by atoms with Gasteiger partial charge in [-0.25, -0.2) is 4.68 Å². The predicted octanol–water partition coefficient (Wildman–Crippen LogP) is 3.47. The highest BCUT2D eigenvalue weighted by molar-refractivity contribution is 5.99. The van der Waals surface area contributed by atoms with Crippen LogP contribution in [0.5, 0.6) is 0 Å². The van der Waals surface area contributed by atoms with Gasteiger partial charge in [0.1, 0.15) is 11.5 Å². The Morgan fingerprint density at radius 2 is 1.87 bits per heavy atom. The van der Waals surface area contributed by atoms with Gasteiger partial charge in [0, 0.05) is 18.3 Å². The fourth-order valence-corrected chi connectivity index (χ4v) is 3.11. The highest BCUT2D eigenvalue weighted by Gasteiger charge is 2.21. The molecule has 0 unspecified atom stereocenters. The summed E-state index contributed by atoms with van der Waals surface area (Å²) in [7, 11) is 0. The van der Waals surface area contributed by atoms with Crippen LogP contribution in [0.2, 0.25) is 0 Å². The first-order chi connectivity index (χ1) is 14.5. The van der Waals surface area contributed by atoms with E-state index in [1.54, 1.807) is 35.1 Å². The average Bonchev–Trinajstić information content (AvgIpc) is 3.39. The molecular weight excluding hydrogens is 380 g/mol. The summed E-state index contributed by atoms with van der Waals surface area (Å²) in [6, 6.07) is 20.0. The van der Waals surface area contributed by atoms with Gasteiger partial charge in [-0.1, -0.05) is 30.3 Å². The molecule has 0 spiro atoms. The maximum atomic E-state index is 13.0. The van der Waals surface area contributed by atoms with Gasteiger partial charge in [-0.05, 0) is 48.9 Å². The third kappa shape index (κ3) is 4.00. The van der Waals surface area contributed by atoms with E-state index < -0.39 is 5.91 Å². The number of rotatable bonds is 6. The Labute approximate surface area is 173 Å². The Balaban J connectivity index is 1.63. The lowest BCUT2D eigenvalue weighted by molar-refractivity contribution is 0.0950. The van der Waals surface area contributed by atoms with Crippen LogP contribution in [0.4, 0.5) is 0 Å². The van der Waals surface area contributed by atoms with Crippen LogP contribution in [-0.4, -0.2) is 21.6 Å². The number of aromatic nitrogens is 2. The summed E-state index contributed by atoms with van der Waals surface area (Å²) in [6.45, 7) is 2.08. The zero-order chi connectivity index (χ0) is 21.1. The number of amides is 2. The number of nitrogens with two attached hydrogens (primary N) is 1. The molecule has 150 valence electrons. The van der Waals surface area contributed by atoms with E-state index in [2.05, 4.69) is 10.4 Å². The molecule has 2 aromatic heterocycles. The highest BCUT2D eigenvalue weighted by atomic mass is 16.3. The molecular formula is C23H20N4O3. The van der Waals surface area contributed by atoms with Crippen molar-refractivity contribution in [3.05, 3.63) is 95.4 Å². The summed E-state index contributed by atoms with van der Waals surface area (Å²) < 4.78 is 7.36. The number of carbonyl (C=O) groups is 2. The summed E-state index contributed by atoms with van der Waals surface area (Å²) in [6.07, 6.45) is 1.68. The van der Waals surface area contributed by atoms with E-state index in [0.29, 0.717) is 22.6 Å². The van der Waals surface area contributed by atoms with Gasteiger partial charge in [0.05, 0.1) is 11.3 Å². The number of benzene rings is 2. The van der Waals surface area contributed by atoms with Crippen molar-refractivity contribution in [1.82, 2.24) is 15.1 Å². The summed E-state index contributed by atoms with van der Waals surface area (Å²) in [5.74, 6) is 0.436. The number of primary amides is 1. The lowest BCUT2D eigenvalue weighted by Crippen LogP contribution is -2.23. The fourth-order valence-electron chi connectivity index (χ4n) is 3.11. The molecule has 0 fully saturated rings. The first kappa shape index (κ1) is 19.2. The van der Waals surface area contributed by atoms with Gasteiger partial charge in [-0.2, -0.15) is 5.10 Å². The van der Waals surface area contributed by atoms with E-state index in [0.717, 1.165) is 17.0 Å². The third-order valence-electron chi connectivity index (χ3n) is 4.62. The lowest BCUT2D eigenvalue weighted by atomic mass is 10.1. The van der Waals surface area contributed by atoms with Crippen LogP contribution in [0, 0.1) is 6.92 Å². The molecule has 4 rings (SSSR count). The zero-order valence-electron chi connectivity index (χ0n) is 16.3. The fraction of sp³-hybridized carbons (Fsp3) is 0.0870. The normalized spacial score (nSPS) is 10.7. The quantitative estimate of drug-likeness (QED) is 0.517. The second-order valence-corrected chi connectivity index (χ2v) is 6.83. The van der Waals surface area contributed by atoms with E-state index in [-0.39, 0.29) is 12.5 Å². The molecule has 30 heavy (non-hydrogen) atoms. The van der Waals surface area contributed by atoms with Crippen LogP contribution in [0.3, 0.4) is 0 Å². The molecule has 7 heteroatoms. The molecule has 0 aliphatic carbocycles. The molecule has 0 aliphatic rings. The lowest BCUT2D eigenvalue weighted by Gasteiger charge is -2.06. The van der Waals surface area contributed by atoms with E-state index >= 15 is 0 Å². The monoisotopic (exact) mass is 400 g/mol. The van der Waals surface area contributed by atoms with Crippen molar-refractivity contribution in [3.8, 4) is 17.1 Å². The van der Waals surface area contributed by atoms with E-state index in [1.807, 2.05) is 49.4 Å². The van der Waals surface area contributed by atoms with Gasteiger partial charge in [-0.15, -0.1) is 0 Å². The molecule has 4 aromatic rings. The predicted molar refractivity (Wildman–Crippen MR) is 112 cm³/mol. The van der Waals surface area contributed by atoms with Crippen molar-refractivity contribution >= 4 is 11.8 Å². The number of carbonyl (C=O) groups excluding carboxylic acids is 2. The van der Waals surface area contributed by atoms with Crippen LogP contribution in [0.25, 0.3) is 17.1 Å². The van der Waals surface area contributed by atoms with Gasteiger partial charge in [0.25, 0.3) is 5.91 Å². The van der Waals surface area contributed by atoms with Crippen molar-refractivity contribution in [3.63, 3.8) is 0 Å². The molecule has 0 saturated heterocycles. The molecule has 0 saturated carbocycles. The van der Waals surface area contributed by atoms with Crippen LogP contribution in [0.15, 0.2) is 77.3 Å². The van der Waals surface area contributed by atoms with Crippen LogP contribution in [0.1, 0.15) is 32.0 Å². The Morgan fingerprint density at radius 1 is 1.07 bits per heavy atom. The third-order valence-corrected chi connectivity index (χ3v) is 4.62. The van der Waals surface area contributed by atoms with E-state index in [9.17, 15) is 9.59 Å². The van der Waals surface area contributed by atoms with Gasteiger partial charge in [0.15, 0.2) is 5.76 Å². The Hall–Kier alpha value is -4.13. The number of hydrogen-bond donors (Lipinski definition) is 2. The molecule has 2 aromatic carbocycles. The molecule has 7 nitrogen and oxygen atoms in total. The molecule has 0 atom stereocenters. The zero-order valence-corrected chi connectivity index (χ0v) is 16.3. The summed E-state index contributed by atoms with van der Waals surface area (Å²) in [4.78, 5) is 24.4. The number of nitrogens with zero attached hydrogens (tertiary/aromatic N) is 2. The maximum absolute atomic E-state index is 13.0. The summed E-state index contributed by atoms with van der Waals surface area (Å²) in [5.41, 5.74) is 8.16. The minimum atomic E-state index is -0.511. The largest absolute Gasteiger partial charge is 0.460 e. The van der Waals surface area contributed by atoms with Crippen LogP contribution < -0.4 is 11.1 Å². The SMILES string of the molecule is Cc1ccc(-c2nn(-c3ccccc3)cc2C(=O)NCc2cccc(C(N)=O)c2)o1. The van der Waals surface area contributed by atoms with Gasteiger partial charge < -0.3 is 15.5 Å².